The number of allylic oxidation sites excluding steroid dienone is 2. The lowest BCUT2D eigenvalue weighted by Gasteiger charge is -2.17. The van der Waals surface area contributed by atoms with Gasteiger partial charge in [-0.15, -0.1) is 0 Å². The Labute approximate surface area is 202 Å². The van der Waals surface area contributed by atoms with Crippen molar-refractivity contribution in [2.75, 3.05) is 32.8 Å². The molecule has 1 heterocycles. The van der Waals surface area contributed by atoms with Crippen molar-refractivity contribution in [1.29, 1.82) is 0 Å². The van der Waals surface area contributed by atoms with Crippen LogP contribution in [-0.2, 0) is 20.9 Å². The average Bonchev–Trinajstić information content (AvgIpc) is 2.85. The van der Waals surface area contributed by atoms with Crippen molar-refractivity contribution in [3.05, 3.63) is 77.4 Å². The molecule has 35 heavy (non-hydrogen) atoms. The second kappa shape index (κ2) is 10.8. The van der Waals surface area contributed by atoms with E-state index in [9.17, 15) is 9.59 Å². The maximum atomic E-state index is 12.8. The number of hydrogen-bond acceptors (Lipinski definition) is 9. The molecule has 0 unspecified atom stereocenters. The Balaban J connectivity index is 1.52. The fraction of sp³-hybridized carbons (Fsp3) is 0.231. The molecule has 0 aliphatic heterocycles. The quantitative estimate of drug-likeness (QED) is 0.338. The molecule has 0 amide bonds. The predicted molar refractivity (Wildman–Crippen MR) is 131 cm³/mol. The van der Waals surface area contributed by atoms with Gasteiger partial charge in [-0.05, 0) is 18.6 Å². The Morgan fingerprint density at radius 3 is 2.49 bits per heavy atom. The molecule has 2 aromatic carbocycles. The fourth-order valence-electron chi connectivity index (χ4n) is 3.61. The smallest absolute Gasteiger partial charge is 0.204 e. The third kappa shape index (κ3) is 5.64. The van der Waals surface area contributed by atoms with Gasteiger partial charge in [0, 0.05) is 37.3 Å². The van der Waals surface area contributed by atoms with Crippen molar-refractivity contribution in [3.63, 3.8) is 0 Å². The summed E-state index contributed by atoms with van der Waals surface area (Å²) in [5, 5.41) is 6.64. The maximum absolute atomic E-state index is 12.8. The third-order valence-corrected chi connectivity index (χ3v) is 5.37. The highest BCUT2D eigenvalue weighted by Gasteiger charge is 2.22. The molecule has 0 fully saturated rings. The Kier molecular flexibility index (Phi) is 7.37. The molecule has 4 rings (SSSR count). The van der Waals surface area contributed by atoms with Crippen molar-refractivity contribution >= 4 is 28.3 Å². The van der Waals surface area contributed by atoms with Crippen LogP contribution in [0.4, 0.5) is 5.82 Å². The van der Waals surface area contributed by atoms with Crippen LogP contribution in [0.5, 0.6) is 11.5 Å². The topological polar surface area (TPSA) is 112 Å². The van der Waals surface area contributed by atoms with E-state index in [4.69, 9.17) is 14.2 Å². The molecule has 0 atom stereocenters. The molecule has 0 spiro atoms. The molecule has 0 saturated carbocycles. The zero-order chi connectivity index (χ0) is 24.8. The number of anilines is 1. The molecule has 0 radical (unpaired) electrons. The first-order valence-electron chi connectivity index (χ1n) is 11.0. The van der Waals surface area contributed by atoms with Gasteiger partial charge < -0.3 is 24.8 Å². The summed E-state index contributed by atoms with van der Waals surface area (Å²) < 4.78 is 16.2. The summed E-state index contributed by atoms with van der Waals surface area (Å²) in [6, 6.07) is 11.4. The number of benzene rings is 2. The number of ketones is 2. The number of rotatable bonds is 10. The number of nitrogens with zero attached hydrogens (tertiary/aromatic N) is 2. The number of nitrogens with one attached hydrogen (secondary N) is 2. The lowest BCUT2D eigenvalue weighted by Crippen LogP contribution is -2.26. The molecule has 2 N–H and O–H groups in total. The van der Waals surface area contributed by atoms with Gasteiger partial charge in [0.15, 0.2) is 11.5 Å². The van der Waals surface area contributed by atoms with Gasteiger partial charge >= 0.3 is 0 Å². The van der Waals surface area contributed by atoms with Gasteiger partial charge in [-0.25, -0.2) is 9.97 Å². The highest BCUT2D eigenvalue weighted by Crippen LogP contribution is 2.34. The van der Waals surface area contributed by atoms with Crippen LogP contribution in [0.3, 0.4) is 0 Å². The zero-order valence-electron chi connectivity index (χ0n) is 19.8. The standard InChI is InChI=1S/C26H26N4O5/c1-16-5-4-6-17(9-16)14-27-20-11-23(32)21(12-22(20)31)30-26-18-10-24(34-3)25(35-8-7-33-2)13-19(18)28-15-29-26/h4-6,9-13,15,27H,7-8,14H2,1-3H3,(H,28,29,30). The Bertz CT molecular complexity index is 1330. The van der Waals surface area contributed by atoms with Crippen LogP contribution >= 0.6 is 0 Å². The summed E-state index contributed by atoms with van der Waals surface area (Å²) in [5.74, 6) is 0.721. The van der Waals surface area contributed by atoms with E-state index in [0.29, 0.717) is 48.0 Å². The van der Waals surface area contributed by atoms with E-state index in [1.807, 2.05) is 31.2 Å². The Morgan fingerprint density at radius 1 is 0.914 bits per heavy atom. The van der Waals surface area contributed by atoms with Crippen LogP contribution in [0, 0.1) is 6.92 Å². The fourth-order valence-corrected chi connectivity index (χ4v) is 3.61. The predicted octanol–water partition coefficient (Wildman–Crippen LogP) is 3.09. The zero-order valence-corrected chi connectivity index (χ0v) is 19.8. The third-order valence-electron chi connectivity index (χ3n) is 5.37. The van der Waals surface area contributed by atoms with Gasteiger partial charge in [-0.2, -0.15) is 0 Å². The minimum atomic E-state index is -0.338. The van der Waals surface area contributed by atoms with Crippen LogP contribution in [0.25, 0.3) is 10.9 Å². The maximum Gasteiger partial charge on any atom is 0.204 e. The van der Waals surface area contributed by atoms with Crippen LogP contribution in [0.15, 0.2) is 66.3 Å². The molecule has 1 aliphatic rings. The molecule has 180 valence electrons. The number of methoxy groups -OCH3 is 2. The van der Waals surface area contributed by atoms with Crippen LogP contribution in [0.2, 0.25) is 0 Å². The molecule has 0 bridgehead atoms. The van der Waals surface area contributed by atoms with E-state index in [1.165, 1.54) is 25.6 Å². The van der Waals surface area contributed by atoms with Crippen molar-refractivity contribution < 1.29 is 23.8 Å². The van der Waals surface area contributed by atoms with Gasteiger partial charge in [-0.3, -0.25) is 9.59 Å². The van der Waals surface area contributed by atoms with Gasteiger partial charge in [0.25, 0.3) is 0 Å². The monoisotopic (exact) mass is 474 g/mol. The highest BCUT2D eigenvalue weighted by atomic mass is 16.5. The first-order chi connectivity index (χ1) is 17.0. The van der Waals surface area contributed by atoms with E-state index in [2.05, 4.69) is 20.6 Å². The van der Waals surface area contributed by atoms with Crippen LogP contribution in [-0.4, -0.2) is 49.0 Å². The number of aryl methyl sites for hydroxylation is 1. The Hall–Kier alpha value is -4.24. The molecule has 1 aliphatic carbocycles. The largest absolute Gasteiger partial charge is 0.493 e. The summed E-state index contributed by atoms with van der Waals surface area (Å²) >= 11 is 0. The summed E-state index contributed by atoms with van der Waals surface area (Å²) in [5.41, 5.74) is 3.09. The van der Waals surface area contributed by atoms with Crippen molar-refractivity contribution in [3.8, 4) is 11.5 Å². The van der Waals surface area contributed by atoms with Crippen molar-refractivity contribution in [2.24, 2.45) is 0 Å². The summed E-state index contributed by atoms with van der Waals surface area (Å²) in [6.07, 6.45) is 3.94. The van der Waals surface area contributed by atoms with Gasteiger partial charge in [0.1, 0.15) is 18.8 Å². The lowest BCUT2D eigenvalue weighted by molar-refractivity contribution is -0.115. The molecular formula is C26H26N4O5. The van der Waals surface area contributed by atoms with E-state index >= 15 is 0 Å². The summed E-state index contributed by atoms with van der Waals surface area (Å²) in [6.45, 7) is 3.22. The first kappa shape index (κ1) is 23.9. The Morgan fingerprint density at radius 2 is 1.71 bits per heavy atom. The van der Waals surface area contributed by atoms with E-state index in [0.717, 1.165) is 11.1 Å². The van der Waals surface area contributed by atoms with E-state index in [-0.39, 0.29) is 23.0 Å². The SMILES string of the molecule is COCCOc1cc2ncnc(NC3=CC(=O)C(NCc4cccc(C)c4)=CC3=O)c2cc1OC. The summed E-state index contributed by atoms with van der Waals surface area (Å²) in [4.78, 5) is 34.0. The molecule has 1 aromatic heterocycles. The highest BCUT2D eigenvalue weighted by molar-refractivity contribution is 6.21. The average molecular weight is 475 g/mol. The normalized spacial score (nSPS) is 13.3. The minimum absolute atomic E-state index is 0.121. The number of aromatic nitrogens is 2. The van der Waals surface area contributed by atoms with Gasteiger partial charge in [0.2, 0.25) is 11.6 Å². The number of carbonyl (C=O) groups excluding carboxylic acids is 2. The van der Waals surface area contributed by atoms with Crippen molar-refractivity contribution in [2.45, 2.75) is 13.5 Å². The second-order valence-electron chi connectivity index (χ2n) is 7.90. The molecular weight excluding hydrogens is 448 g/mol. The molecule has 9 nitrogen and oxygen atoms in total. The number of hydrogen-bond donors (Lipinski definition) is 2. The van der Waals surface area contributed by atoms with Crippen LogP contribution in [0.1, 0.15) is 11.1 Å². The number of carbonyl (C=O) groups is 2. The second-order valence-corrected chi connectivity index (χ2v) is 7.90. The number of ether oxygens (including phenoxy) is 3. The lowest BCUT2D eigenvalue weighted by atomic mass is 10.1. The minimum Gasteiger partial charge on any atom is -0.493 e. The van der Waals surface area contributed by atoms with Crippen molar-refractivity contribution in [1.82, 2.24) is 15.3 Å². The number of fused-ring (bicyclic) bond motifs is 1. The van der Waals surface area contributed by atoms with Gasteiger partial charge in [-0.1, -0.05) is 29.8 Å². The van der Waals surface area contributed by atoms with Crippen LogP contribution < -0.4 is 20.1 Å². The summed E-state index contributed by atoms with van der Waals surface area (Å²) in [7, 11) is 3.12. The van der Waals surface area contributed by atoms with E-state index < -0.39 is 0 Å². The van der Waals surface area contributed by atoms with Gasteiger partial charge in [0.05, 0.1) is 30.6 Å². The molecule has 3 aromatic rings. The first-order valence-corrected chi connectivity index (χ1v) is 11.0. The molecule has 9 heteroatoms. The van der Waals surface area contributed by atoms with E-state index in [1.54, 1.807) is 19.2 Å². The molecule has 0 saturated heterocycles.